The number of hydrogen-bond acceptors (Lipinski definition) is 0. The maximum atomic E-state index is 3.22. The molecular formula is C22H21. The van der Waals surface area contributed by atoms with Crippen LogP contribution in [0.1, 0.15) is 33.7 Å². The molecule has 0 saturated heterocycles. The topological polar surface area (TPSA) is 0 Å². The van der Waals surface area contributed by atoms with E-state index in [0.29, 0.717) is 5.92 Å². The average molecular weight is 285 g/mol. The Balaban J connectivity index is 2.03. The maximum absolute atomic E-state index is 3.22. The Morgan fingerprint density at radius 2 is 1.18 bits per heavy atom. The van der Waals surface area contributed by atoms with Gasteiger partial charge in [0.2, 0.25) is 0 Å². The molecule has 1 radical (unpaired) electrons. The van der Waals surface area contributed by atoms with Crippen molar-refractivity contribution < 1.29 is 0 Å². The highest BCUT2D eigenvalue weighted by molar-refractivity contribution is 5.39. The van der Waals surface area contributed by atoms with Crippen LogP contribution in [0.3, 0.4) is 0 Å². The Morgan fingerprint density at radius 3 is 1.64 bits per heavy atom. The van der Waals surface area contributed by atoms with Crippen LogP contribution in [0.4, 0.5) is 0 Å². The van der Waals surface area contributed by atoms with Gasteiger partial charge in [-0.2, -0.15) is 0 Å². The molecule has 0 bridgehead atoms. The van der Waals surface area contributed by atoms with Crippen LogP contribution in [0.5, 0.6) is 0 Å². The minimum atomic E-state index is 0.391. The molecular weight excluding hydrogens is 264 g/mol. The van der Waals surface area contributed by atoms with Crippen LogP contribution in [0.2, 0.25) is 0 Å². The number of benzene rings is 3. The van der Waals surface area contributed by atoms with Crippen molar-refractivity contribution in [2.75, 3.05) is 0 Å². The third-order valence-corrected chi connectivity index (χ3v) is 4.36. The second-order valence-corrected chi connectivity index (χ2v) is 5.88. The van der Waals surface area contributed by atoms with Crippen LogP contribution in [0.15, 0.2) is 72.8 Å². The van der Waals surface area contributed by atoms with Gasteiger partial charge in [-0.1, -0.05) is 72.8 Å². The van der Waals surface area contributed by atoms with Gasteiger partial charge in [-0.15, -0.1) is 0 Å². The summed E-state index contributed by atoms with van der Waals surface area (Å²) in [6.07, 6.45) is 1.03. The van der Waals surface area contributed by atoms with Crippen LogP contribution in [-0.2, 0) is 6.42 Å². The molecule has 3 aromatic carbocycles. The molecule has 22 heavy (non-hydrogen) atoms. The van der Waals surface area contributed by atoms with E-state index in [4.69, 9.17) is 0 Å². The number of rotatable bonds is 4. The SMILES string of the molecule is Cc1c[c]cc(C)c1CC(c1ccccc1)c1ccccc1. The number of aryl methyl sites for hydroxylation is 2. The third kappa shape index (κ3) is 3.12. The molecule has 3 rings (SSSR count). The third-order valence-electron chi connectivity index (χ3n) is 4.36. The van der Waals surface area contributed by atoms with Gasteiger partial charge in [0, 0.05) is 5.92 Å². The summed E-state index contributed by atoms with van der Waals surface area (Å²) >= 11 is 0. The van der Waals surface area contributed by atoms with Crippen molar-refractivity contribution >= 4 is 0 Å². The van der Waals surface area contributed by atoms with Gasteiger partial charge in [0.25, 0.3) is 0 Å². The quantitative estimate of drug-likeness (QED) is 0.595. The van der Waals surface area contributed by atoms with Crippen molar-refractivity contribution in [3.05, 3.63) is 107 Å². The molecule has 0 fully saturated rings. The van der Waals surface area contributed by atoms with E-state index in [2.05, 4.69) is 92.7 Å². The Morgan fingerprint density at radius 1 is 0.727 bits per heavy atom. The first kappa shape index (κ1) is 14.6. The highest BCUT2D eigenvalue weighted by atomic mass is 14.2. The molecule has 0 heteroatoms. The van der Waals surface area contributed by atoms with E-state index in [1.54, 1.807) is 0 Å². The number of hydrogen-bond donors (Lipinski definition) is 0. The zero-order valence-electron chi connectivity index (χ0n) is 13.2. The molecule has 0 saturated carbocycles. The summed E-state index contributed by atoms with van der Waals surface area (Å²) in [7, 11) is 0. The van der Waals surface area contributed by atoms with E-state index in [0.717, 1.165) is 6.42 Å². The normalized spacial score (nSPS) is 10.9. The molecule has 0 aliphatic carbocycles. The molecule has 0 aliphatic heterocycles. The van der Waals surface area contributed by atoms with Crippen LogP contribution < -0.4 is 0 Å². The van der Waals surface area contributed by atoms with Gasteiger partial charge in [0.05, 0.1) is 0 Å². The van der Waals surface area contributed by atoms with Gasteiger partial charge < -0.3 is 0 Å². The molecule has 0 aliphatic rings. The van der Waals surface area contributed by atoms with Gasteiger partial charge in [0.15, 0.2) is 0 Å². The highest BCUT2D eigenvalue weighted by Gasteiger charge is 2.16. The van der Waals surface area contributed by atoms with Gasteiger partial charge in [-0.05, 0) is 54.2 Å². The average Bonchev–Trinajstić information content (AvgIpc) is 2.56. The maximum Gasteiger partial charge on any atom is 0.0130 e. The fourth-order valence-electron chi connectivity index (χ4n) is 3.10. The standard InChI is InChI=1S/C22H21/c1-17-10-9-11-18(2)21(17)16-22(19-12-5-3-6-13-19)20-14-7-4-8-15-20/h3-8,10-15,22H,16H2,1-2H3. The molecule has 0 unspecified atom stereocenters. The lowest BCUT2D eigenvalue weighted by Gasteiger charge is -2.20. The lowest BCUT2D eigenvalue weighted by Crippen LogP contribution is -2.07. The second kappa shape index (κ2) is 6.62. The van der Waals surface area contributed by atoms with Crippen molar-refractivity contribution in [2.24, 2.45) is 0 Å². The monoisotopic (exact) mass is 285 g/mol. The Kier molecular flexibility index (Phi) is 4.39. The molecule has 0 amide bonds. The van der Waals surface area contributed by atoms with Crippen molar-refractivity contribution in [1.29, 1.82) is 0 Å². The fraction of sp³-hybridized carbons (Fsp3) is 0.182. The van der Waals surface area contributed by atoms with Crippen molar-refractivity contribution in [3.8, 4) is 0 Å². The summed E-state index contributed by atoms with van der Waals surface area (Å²) in [6, 6.07) is 29.0. The predicted molar refractivity (Wildman–Crippen MR) is 93.2 cm³/mol. The van der Waals surface area contributed by atoms with Crippen molar-refractivity contribution in [1.82, 2.24) is 0 Å². The van der Waals surface area contributed by atoms with E-state index >= 15 is 0 Å². The summed E-state index contributed by atoms with van der Waals surface area (Å²) in [5.74, 6) is 0.391. The van der Waals surface area contributed by atoms with E-state index in [9.17, 15) is 0 Å². The molecule has 0 atom stereocenters. The molecule has 0 heterocycles. The summed E-state index contributed by atoms with van der Waals surface area (Å²) in [5, 5.41) is 0. The fourth-order valence-corrected chi connectivity index (χ4v) is 3.10. The summed E-state index contributed by atoms with van der Waals surface area (Å²) < 4.78 is 0. The van der Waals surface area contributed by atoms with Gasteiger partial charge in [-0.25, -0.2) is 0 Å². The van der Waals surface area contributed by atoms with Gasteiger partial charge in [0.1, 0.15) is 0 Å². The van der Waals surface area contributed by atoms with E-state index in [1.165, 1.54) is 27.8 Å². The lowest BCUT2D eigenvalue weighted by atomic mass is 9.83. The van der Waals surface area contributed by atoms with Crippen LogP contribution in [0.25, 0.3) is 0 Å². The Hall–Kier alpha value is -2.34. The van der Waals surface area contributed by atoms with E-state index < -0.39 is 0 Å². The van der Waals surface area contributed by atoms with E-state index in [1.807, 2.05) is 0 Å². The smallest absolute Gasteiger partial charge is 0.0130 e. The Bertz CT molecular complexity index is 667. The molecule has 0 N–H and O–H groups in total. The molecule has 109 valence electrons. The zero-order chi connectivity index (χ0) is 15.4. The van der Waals surface area contributed by atoms with E-state index in [-0.39, 0.29) is 0 Å². The first-order valence-electron chi connectivity index (χ1n) is 7.82. The summed E-state index contributed by atoms with van der Waals surface area (Å²) in [5.41, 5.74) is 6.85. The minimum absolute atomic E-state index is 0.391. The second-order valence-electron chi connectivity index (χ2n) is 5.88. The van der Waals surface area contributed by atoms with Crippen LogP contribution in [-0.4, -0.2) is 0 Å². The van der Waals surface area contributed by atoms with Crippen molar-refractivity contribution in [2.45, 2.75) is 26.2 Å². The lowest BCUT2D eigenvalue weighted by molar-refractivity contribution is 0.795. The zero-order valence-corrected chi connectivity index (χ0v) is 13.2. The predicted octanol–water partition coefficient (Wildman–Crippen LogP) is 5.48. The molecule has 0 aromatic heterocycles. The highest BCUT2D eigenvalue weighted by Crippen LogP contribution is 2.30. The first-order chi connectivity index (χ1) is 10.8. The Labute approximate surface area is 133 Å². The summed E-state index contributed by atoms with van der Waals surface area (Å²) in [4.78, 5) is 0. The molecule has 0 spiro atoms. The minimum Gasteiger partial charge on any atom is -0.0622 e. The van der Waals surface area contributed by atoms with Crippen LogP contribution >= 0.6 is 0 Å². The first-order valence-corrected chi connectivity index (χ1v) is 7.82. The molecule has 0 nitrogen and oxygen atoms in total. The molecule has 3 aromatic rings. The largest absolute Gasteiger partial charge is 0.0622 e. The van der Waals surface area contributed by atoms with Gasteiger partial charge >= 0.3 is 0 Å². The van der Waals surface area contributed by atoms with Crippen LogP contribution in [0, 0.1) is 19.9 Å². The van der Waals surface area contributed by atoms with Gasteiger partial charge in [-0.3, -0.25) is 0 Å². The summed E-state index contributed by atoms with van der Waals surface area (Å²) in [6.45, 7) is 4.37. The van der Waals surface area contributed by atoms with Crippen molar-refractivity contribution in [3.63, 3.8) is 0 Å².